The molecular formula is C11H23NOSi. The summed E-state index contributed by atoms with van der Waals surface area (Å²) in [5.74, 6) is 0. The monoisotopic (exact) mass is 213 g/mol. The Bertz CT molecular complexity index is 220. The normalized spacial score (nSPS) is 18.5. The fourth-order valence-electron chi connectivity index (χ4n) is 1.19. The molecule has 0 atom stereocenters. The van der Waals surface area contributed by atoms with Gasteiger partial charge < -0.3 is 4.53 Å². The van der Waals surface area contributed by atoms with Crippen molar-refractivity contribution in [3.05, 3.63) is 0 Å². The second kappa shape index (κ2) is 4.05. The lowest BCUT2D eigenvalue weighted by Crippen LogP contribution is -2.39. The Labute approximate surface area is 88.9 Å². The lowest BCUT2D eigenvalue weighted by molar-refractivity contribution is 0.306. The van der Waals surface area contributed by atoms with Crippen molar-refractivity contribution in [2.24, 2.45) is 5.16 Å². The van der Waals surface area contributed by atoms with E-state index in [4.69, 9.17) is 4.53 Å². The first-order chi connectivity index (χ1) is 6.33. The molecule has 0 unspecified atom stereocenters. The standard InChI is InChI=1S/C11H23NOSi/c1-11(2,3)14(4,5)13-12-10-8-6-7-9-10/h6-9H2,1-5H3. The summed E-state index contributed by atoms with van der Waals surface area (Å²) >= 11 is 0. The maximum atomic E-state index is 5.80. The second-order valence-electron chi connectivity index (χ2n) is 5.72. The summed E-state index contributed by atoms with van der Waals surface area (Å²) in [6.45, 7) is 11.2. The molecule has 0 aromatic carbocycles. The topological polar surface area (TPSA) is 21.6 Å². The summed E-state index contributed by atoms with van der Waals surface area (Å²) in [5.41, 5.74) is 1.27. The van der Waals surface area contributed by atoms with E-state index in [9.17, 15) is 0 Å². The zero-order valence-electron chi connectivity index (χ0n) is 10.2. The average molecular weight is 213 g/mol. The summed E-state index contributed by atoms with van der Waals surface area (Å²) in [4.78, 5) is 0. The molecule has 14 heavy (non-hydrogen) atoms. The van der Waals surface area contributed by atoms with Crippen molar-refractivity contribution in [1.29, 1.82) is 0 Å². The van der Waals surface area contributed by atoms with Crippen LogP contribution in [0.4, 0.5) is 0 Å². The van der Waals surface area contributed by atoms with E-state index in [1.807, 2.05) is 0 Å². The maximum absolute atomic E-state index is 5.80. The highest BCUT2D eigenvalue weighted by molar-refractivity contribution is 6.74. The lowest BCUT2D eigenvalue weighted by Gasteiger charge is -2.33. The van der Waals surface area contributed by atoms with Crippen LogP contribution in [0.3, 0.4) is 0 Å². The Morgan fingerprint density at radius 2 is 1.64 bits per heavy atom. The number of hydrogen-bond acceptors (Lipinski definition) is 2. The van der Waals surface area contributed by atoms with Crippen LogP contribution in [0, 0.1) is 0 Å². The fourth-order valence-corrected chi connectivity index (χ4v) is 1.82. The quantitative estimate of drug-likeness (QED) is 0.503. The molecule has 0 saturated heterocycles. The van der Waals surface area contributed by atoms with Crippen LogP contribution in [0.25, 0.3) is 0 Å². The first-order valence-electron chi connectivity index (χ1n) is 5.57. The number of nitrogens with zero attached hydrogens (tertiary/aromatic N) is 1. The molecule has 0 bridgehead atoms. The van der Waals surface area contributed by atoms with Crippen molar-refractivity contribution < 1.29 is 4.53 Å². The highest BCUT2D eigenvalue weighted by Gasteiger charge is 2.39. The van der Waals surface area contributed by atoms with Crippen molar-refractivity contribution in [2.75, 3.05) is 0 Å². The van der Waals surface area contributed by atoms with E-state index in [0.717, 1.165) is 12.8 Å². The van der Waals surface area contributed by atoms with Gasteiger partial charge in [0.1, 0.15) is 0 Å². The van der Waals surface area contributed by atoms with Crippen LogP contribution in [-0.2, 0) is 4.53 Å². The molecule has 0 radical (unpaired) electrons. The molecule has 0 aliphatic heterocycles. The van der Waals surface area contributed by atoms with Crippen molar-refractivity contribution >= 4 is 14.0 Å². The van der Waals surface area contributed by atoms with Gasteiger partial charge >= 0.3 is 0 Å². The summed E-state index contributed by atoms with van der Waals surface area (Å²) in [5, 5.41) is 4.60. The third kappa shape index (κ3) is 2.84. The van der Waals surface area contributed by atoms with Gasteiger partial charge in [-0.15, -0.1) is 5.16 Å². The molecule has 2 nitrogen and oxygen atoms in total. The Balaban J connectivity index is 2.55. The van der Waals surface area contributed by atoms with Crippen molar-refractivity contribution in [2.45, 2.75) is 64.6 Å². The Morgan fingerprint density at radius 3 is 2.07 bits per heavy atom. The molecule has 82 valence electrons. The van der Waals surface area contributed by atoms with Crippen molar-refractivity contribution in [3.63, 3.8) is 0 Å². The highest BCUT2D eigenvalue weighted by atomic mass is 28.4. The van der Waals surface area contributed by atoms with Crippen LogP contribution in [0.15, 0.2) is 5.16 Å². The maximum Gasteiger partial charge on any atom is 0.286 e. The minimum absolute atomic E-state index is 0.260. The third-order valence-electron chi connectivity index (χ3n) is 3.39. The van der Waals surface area contributed by atoms with Gasteiger partial charge in [0.05, 0.1) is 5.71 Å². The molecule has 1 aliphatic rings. The first kappa shape index (κ1) is 11.8. The predicted octanol–water partition coefficient (Wildman–Crippen LogP) is 3.94. The molecular weight excluding hydrogens is 190 g/mol. The number of oxime groups is 1. The molecule has 0 heterocycles. The molecule has 0 aromatic heterocycles. The Kier molecular flexibility index (Phi) is 3.40. The van der Waals surface area contributed by atoms with E-state index in [2.05, 4.69) is 39.0 Å². The van der Waals surface area contributed by atoms with E-state index in [0.29, 0.717) is 0 Å². The fraction of sp³-hybridized carbons (Fsp3) is 0.909. The van der Waals surface area contributed by atoms with E-state index in [1.54, 1.807) is 0 Å². The van der Waals surface area contributed by atoms with Crippen LogP contribution in [-0.4, -0.2) is 14.0 Å². The van der Waals surface area contributed by atoms with Gasteiger partial charge in [0.2, 0.25) is 0 Å². The van der Waals surface area contributed by atoms with Gasteiger partial charge in [-0.3, -0.25) is 0 Å². The summed E-state index contributed by atoms with van der Waals surface area (Å²) in [6, 6.07) is 0. The number of hydrogen-bond donors (Lipinski definition) is 0. The van der Waals surface area contributed by atoms with E-state index in [-0.39, 0.29) is 5.04 Å². The zero-order chi connectivity index (χ0) is 10.8. The molecule has 3 heteroatoms. The SMILES string of the molecule is CC(C)(C)[Si](C)(C)ON=C1CCCC1. The largest absolute Gasteiger partial charge is 0.455 e. The van der Waals surface area contributed by atoms with Crippen LogP contribution >= 0.6 is 0 Å². The first-order valence-corrected chi connectivity index (χ1v) is 8.48. The molecule has 1 fully saturated rings. The third-order valence-corrected chi connectivity index (χ3v) is 7.55. The molecule has 1 rings (SSSR count). The highest BCUT2D eigenvalue weighted by Crippen LogP contribution is 2.36. The summed E-state index contributed by atoms with van der Waals surface area (Å²) in [6.07, 6.45) is 4.88. The smallest absolute Gasteiger partial charge is 0.286 e. The van der Waals surface area contributed by atoms with Gasteiger partial charge in [0.15, 0.2) is 0 Å². The van der Waals surface area contributed by atoms with Gasteiger partial charge in [-0.2, -0.15) is 0 Å². The van der Waals surface area contributed by atoms with Crippen LogP contribution in [0.2, 0.25) is 18.1 Å². The predicted molar refractivity (Wildman–Crippen MR) is 64.2 cm³/mol. The zero-order valence-corrected chi connectivity index (χ0v) is 11.2. The molecule has 0 aromatic rings. The van der Waals surface area contributed by atoms with Crippen LogP contribution in [0.1, 0.15) is 46.5 Å². The van der Waals surface area contributed by atoms with Crippen molar-refractivity contribution in [3.8, 4) is 0 Å². The molecule has 1 aliphatic carbocycles. The van der Waals surface area contributed by atoms with Gasteiger partial charge in [-0.1, -0.05) is 20.8 Å². The van der Waals surface area contributed by atoms with Crippen LogP contribution in [0.5, 0.6) is 0 Å². The number of rotatable bonds is 2. The lowest BCUT2D eigenvalue weighted by atomic mass is 10.2. The van der Waals surface area contributed by atoms with Gasteiger partial charge in [-0.05, 0) is 43.8 Å². The Hall–Kier alpha value is -0.313. The molecule has 0 spiro atoms. The van der Waals surface area contributed by atoms with Gasteiger partial charge in [0, 0.05) is 0 Å². The molecule has 1 saturated carbocycles. The molecule has 0 N–H and O–H groups in total. The van der Waals surface area contributed by atoms with E-state index < -0.39 is 8.32 Å². The minimum atomic E-state index is -1.66. The summed E-state index contributed by atoms with van der Waals surface area (Å²) in [7, 11) is -1.66. The van der Waals surface area contributed by atoms with E-state index in [1.165, 1.54) is 18.6 Å². The van der Waals surface area contributed by atoms with Crippen molar-refractivity contribution in [1.82, 2.24) is 0 Å². The second-order valence-corrected chi connectivity index (χ2v) is 10.4. The summed E-state index contributed by atoms with van der Waals surface area (Å²) < 4.78 is 5.80. The van der Waals surface area contributed by atoms with Crippen LogP contribution < -0.4 is 0 Å². The van der Waals surface area contributed by atoms with Gasteiger partial charge in [-0.25, -0.2) is 0 Å². The minimum Gasteiger partial charge on any atom is -0.455 e. The average Bonchev–Trinajstić information content (AvgIpc) is 2.50. The van der Waals surface area contributed by atoms with E-state index >= 15 is 0 Å². The molecule has 0 amide bonds. The Morgan fingerprint density at radius 1 is 1.14 bits per heavy atom. The van der Waals surface area contributed by atoms with Gasteiger partial charge in [0.25, 0.3) is 8.32 Å².